The third kappa shape index (κ3) is 1.49. The number of hydrogen-bond donors (Lipinski definition) is 1. The molecule has 0 atom stereocenters. The van der Waals surface area contributed by atoms with E-state index in [2.05, 4.69) is 11.4 Å². The van der Waals surface area contributed by atoms with Gasteiger partial charge in [-0.25, -0.2) is 0 Å². The fourth-order valence-corrected chi connectivity index (χ4v) is 1.43. The first-order valence-corrected chi connectivity index (χ1v) is 4.27. The van der Waals surface area contributed by atoms with Crippen LogP contribution in [0.25, 0.3) is 0 Å². The normalized spacial score (nSPS) is 15.0. The van der Waals surface area contributed by atoms with Crippen molar-refractivity contribution in [1.29, 1.82) is 5.26 Å². The summed E-state index contributed by atoms with van der Waals surface area (Å²) in [6.45, 7) is 2.25. The number of nitrogens with one attached hydrogen (secondary N) is 1. The Kier molecular flexibility index (Phi) is 2.15. The van der Waals surface area contributed by atoms with Crippen molar-refractivity contribution >= 4 is 0 Å². The number of hydrogen-bond acceptors (Lipinski definition) is 3. The molecule has 0 aliphatic carbocycles. The van der Waals surface area contributed by atoms with Gasteiger partial charge in [-0.05, 0) is 6.07 Å². The molecule has 0 fully saturated rings. The van der Waals surface area contributed by atoms with Crippen molar-refractivity contribution < 1.29 is 4.74 Å². The van der Waals surface area contributed by atoms with Gasteiger partial charge >= 0.3 is 0 Å². The van der Waals surface area contributed by atoms with E-state index in [1.54, 1.807) is 6.07 Å². The summed E-state index contributed by atoms with van der Waals surface area (Å²) >= 11 is 0. The lowest BCUT2D eigenvalue weighted by atomic mass is 10.1. The second kappa shape index (κ2) is 3.46. The second-order valence-electron chi connectivity index (χ2n) is 2.93. The van der Waals surface area contributed by atoms with Crippen LogP contribution in [0.1, 0.15) is 11.1 Å². The second-order valence-corrected chi connectivity index (χ2v) is 2.93. The number of fused-ring (bicyclic) bond motifs is 1. The predicted molar refractivity (Wildman–Crippen MR) is 48.4 cm³/mol. The summed E-state index contributed by atoms with van der Waals surface area (Å²) < 4.78 is 5.49. The lowest BCUT2D eigenvalue weighted by Crippen LogP contribution is -2.16. The molecule has 66 valence electrons. The molecule has 0 radical (unpaired) electrons. The molecule has 3 heteroatoms. The van der Waals surface area contributed by atoms with E-state index in [0.717, 1.165) is 24.4 Å². The first-order valence-electron chi connectivity index (χ1n) is 4.27. The molecule has 3 nitrogen and oxygen atoms in total. The Hall–Kier alpha value is -1.53. The molecule has 0 spiro atoms. The first-order chi connectivity index (χ1) is 6.42. The monoisotopic (exact) mass is 174 g/mol. The van der Waals surface area contributed by atoms with E-state index >= 15 is 0 Å². The zero-order valence-corrected chi connectivity index (χ0v) is 7.21. The van der Waals surface area contributed by atoms with Gasteiger partial charge in [0.25, 0.3) is 0 Å². The zero-order chi connectivity index (χ0) is 9.10. The topological polar surface area (TPSA) is 45.0 Å². The van der Waals surface area contributed by atoms with Gasteiger partial charge in [0, 0.05) is 18.7 Å². The van der Waals surface area contributed by atoms with E-state index in [-0.39, 0.29) is 0 Å². The van der Waals surface area contributed by atoms with Gasteiger partial charge in [-0.3, -0.25) is 0 Å². The van der Waals surface area contributed by atoms with Crippen molar-refractivity contribution in [2.45, 2.75) is 6.54 Å². The van der Waals surface area contributed by atoms with Crippen LogP contribution >= 0.6 is 0 Å². The molecule has 1 aliphatic heterocycles. The largest absolute Gasteiger partial charge is 0.491 e. The minimum absolute atomic E-state index is 0.626. The van der Waals surface area contributed by atoms with Crippen molar-refractivity contribution in [2.75, 3.05) is 13.2 Å². The highest BCUT2D eigenvalue weighted by Crippen LogP contribution is 2.24. The summed E-state index contributed by atoms with van der Waals surface area (Å²) in [6.07, 6.45) is 0. The summed E-state index contributed by atoms with van der Waals surface area (Å²) in [5, 5.41) is 12.1. The number of ether oxygens (including phenoxy) is 1. The number of nitrogens with zero attached hydrogens (tertiary/aromatic N) is 1. The van der Waals surface area contributed by atoms with Crippen molar-refractivity contribution in [3.8, 4) is 11.8 Å². The summed E-state index contributed by atoms with van der Waals surface area (Å²) in [7, 11) is 0. The van der Waals surface area contributed by atoms with E-state index in [4.69, 9.17) is 10.00 Å². The van der Waals surface area contributed by atoms with Crippen molar-refractivity contribution in [1.82, 2.24) is 5.32 Å². The highest BCUT2D eigenvalue weighted by atomic mass is 16.5. The molecule has 0 bridgehead atoms. The van der Waals surface area contributed by atoms with Crippen molar-refractivity contribution in [3.05, 3.63) is 29.3 Å². The molecular formula is C10H10N2O. The fourth-order valence-electron chi connectivity index (χ4n) is 1.43. The maximum atomic E-state index is 8.84. The highest BCUT2D eigenvalue weighted by molar-refractivity contribution is 5.48. The Balaban J connectivity index is 2.47. The van der Waals surface area contributed by atoms with Crippen LogP contribution in [0.2, 0.25) is 0 Å². The van der Waals surface area contributed by atoms with Crippen molar-refractivity contribution in [2.24, 2.45) is 0 Å². The lowest BCUT2D eigenvalue weighted by Gasteiger charge is -2.06. The lowest BCUT2D eigenvalue weighted by molar-refractivity contribution is 0.325. The molecule has 1 aliphatic rings. The van der Waals surface area contributed by atoms with Gasteiger partial charge in [-0.2, -0.15) is 5.26 Å². The molecule has 0 saturated heterocycles. The summed E-state index contributed by atoms with van der Waals surface area (Å²) in [6, 6.07) is 7.78. The van der Waals surface area contributed by atoms with E-state index in [0.29, 0.717) is 12.2 Å². The average Bonchev–Trinajstić information content (AvgIpc) is 2.41. The standard InChI is InChI=1S/C10H10N2O/c11-6-8-2-1-3-9-7-12-4-5-13-10(8)9/h1-3,12H,4-5,7H2. The van der Waals surface area contributed by atoms with Gasteiger partial charge in [0.2, 0.25) is 0 Å². The third-order valence-corrected chi connectivity index (χ3v) is 2.06. The van der Waals surface area contributed by atoms with Gasteiger partial charge in [0.15, 0.2) is 0 Å². The predicted octanol–water partition coefficient (Wildman–Crippen LogP) is 1.04. The molecule has 1 aromatic rings. The quantitative estimate of drug-likeness (QED) is 0.639. The summed E-state index contributed by atoms with van der Waals surface area (Å²) in [4.78, 5) is 0. The zero-order valence-electron chi connectivity index (χ0n) is 7.21. The van der Waals surface area contributed by atoms with E-state index in [1.807, 2.05) is 12.1 Å². The van der Waals surface area contributed by atoms with Crippen LogP contribution in [0, 0.1) is 11.3 Å². The molecular weight excluding hydrogens is 164 g/mol. The van der Waals surface area contributed by atoms with Crippen LogP contribution in [-0.4, -0.2) is 13.2 Å². The Morgan fingerprint density at radius 3 is 3.23 bits per heavy atom. The van der Waals surface area contributed by atoms with Crippen LogP contribution in [0.5, 0.6) is 5.75 Å². The number of rotatable bonds is 0. The molecule has 1 N–H and O–H groups in total. The molecule has 1 heterocycles. The summed E-state index contributed by atoms with van der Waals surface area (Å²) in [5.41, 5.74) is 1.69. The maximum Gasteiger partial charge on any atom is 0.141 e. The minimum Gasteiger partial charge on any atom is -0.491 e. The molecule has 1 aromatic carbocycles. The van der Waals surface area contributed by atoms with Crippen LogP contribution in [0.3, 0.4) is 0 Å². The van der Waals surface area contributed by atoms with E-state index in [1.165, 1.54) is 0 Å². The van der Waals surface area contributed by atoms with Gasteiger partial charge < -0.3 is 10.1 Å². The Morgan fingerprint density at radius 1 is 1.46 bits per heavy atom. The molecule has 13 heavy (non-hydrogen) atoms. The van der Waals surface area contributed by atoms with Crippen LogP contribution in [-0.2, 0) is 6.54 Å². The van der Waals surface area contributed by atoms with Gasteiger partial charge in [-0.15, -0.1) is 0 Å². The Labute approximate surface area is 76.9 Å². The van der Waals surface area contributed by atoms with Crippen LogP contribution in [0.15, 0.2) is 18.2 Å². The van der Waals surface area contributed by atoms with Gasteiger partial charge in [0.05, 0.1) is 5.56 Å². The van der Waals surface area contributed by atoms with Gasteiger partial charge in [-0.1, -0.05) is 12.1 Å². The van der Waals surface area contributed by atoms with Gasteiger partial charge in [0.1, 0.15) is 18.4 Å². The minimum atomic E-state index is 0.626. The number of benzene rings is 1. The fraction of sp³-hybridized carbons (Fsp3) is 0.300. The smallest absolute Gasteiger partial charge is 0.141 e. The van der Waals surface area contributed by atoms with Crippen LogP contribution < -0.4 is 10.1 Å². The summed E-state index contributed by atoms with van der Waals surface area (Å²) in [5.74, 6) is 0.745. The first kappa shape index (κ1) is 8.09. The maximum absolute atomic E-state index is 8.84. The number of para-hydroxylation sites is 1. The SMILES string of the molecule is N#Cc1cccc2c1OCCNC2. The molecule has 2 rings (SSSR count). The molecule has 0 saturated carbocycles. The molecule has 0 unspecified atom stereocenters. The highest BCUT2D eigenvalue weighted by Gasteiger charge is 2.11. The molecule has 0 aromatic heterocycles. The third-order valence-electron chi connectivity index (χ3n) is 2.06. The van der Waals surface area contributed by atoms with Crippen LogP contribution in [0.4, 0.5) is 0 Å². The Morgan fingerprint density at radius 2 is 2.38 bits per heavy atom. The Bertz CT molecular complexity index is 354. The molecule has 0 amide bonds. The van der Waals surface area contributed by atoms with E-state index < -0.39 is 0 Å². The van der Waals surface area contributed by atoms with Crippen molar-refractivity contribution in [3.63, 3.8) is 0 Å². The number of nitriles is 1. The van der Waals surface area contributed by atoms with E-state index in [9.17, 15) is 0 Å². The average molecular weight is 174 g/mol.